The molecule has 6 nitrogen and oxygen atoms in total. The zero-order chi connectivity index (χ0) is 15.9. The van der Waals surface area contributed by atoms with E-state index in [4.69, 9.17) is 5.26 Å². The Bertz CT molecular complexity index is 754. The van der Waals surface area contributed by atoms with Crippen LogP contribution < -0.4 is 0 Å². The summed E-state index contributed by atoms with van der Waals surface area (Å²) in [7, 11) is -3.78. The van der Waals surface area contributed by atoms with Crippen molar-refractivity contribution in [2.75, 3.05) is 13.1 Å². The molecule has 7 heteroatoms. The molecule has 116 valence electrons. The number of amides is 1. The molecule has 2 aliphatic heterocycles. The van der Waals surface area contributed by atoms with E-state index in [1.807, 2.05) is 6.07 Å². The van der Waals surface area contributed by atoms with Crippen LogP contribution in [0.1, 0.15) is 25.3 Å². The van der Waals surface area contributed by atoms with Gasteiger partial charge in [-0.05, 0) is 38.0 Å². The number of rotatable bonds is 2. The van der Waals surface area contributed by atoms with Crippen LogP contribution in [0.15, 0.2) is 29.2 Å². The fourth-order valence-corrected chi connectivity index (χ4v) is 4.88. The minimum atomic E-state index is -3.78. The van der Waals surface area contributed by atoms with Crippen molar-refractivity contribution in [3.05, 3.63) is 29.8 Å². The van der Waals surface area contributed by atoms with Gasteiger partial charge < -0.3 is 4.90 Å². The minimum Gasteiger partial charge on any atom is -0.337 e. The largest absolute Gasteiger partial charge is 0.337 e. The number of piperazine rings is 1. The average molecular weight is 319 g/mol. The van der Waals surface area contributed by atoms with E-state index in [1.54, 1.807) is 24.0 Å². The highest BCUT2D eigenvalue weighted by Crippen LogP contribution is 2.30. The van der Waals surface area contributed by atoms with Crippen LogP contribution in [0.5, 0.6) is 0 Å². The second-order valence-electron chi connectivity index (χ2n) is 5.72. The fourth-order valence-electron chi connectivity index (χ4n) is 3.21. The van der Waals surface area contributed by atoms with Crippen LogP contribution in [0.4, 0.5) is 0 Å². The number of benzene rings is 1. The lowest BCUT2D eigenvalue weighted by Crippen LogP contribution is -2.59. The summed E-state index contributed by atoms with van der Waals surface area (Å²) in [6.07, 6.45) is 1.75. The first-order chi connectivity index (χ1) is 10.4. The van der Waals surface area contributed by atoms with Gasteiger partial charge in [0.2, 0.25) is 15.9 Å². The molecule has 2 saturated heterocycles. The Kier molecular flexibility index (Phi) is 3.67. The molecule has 3 rings (SSSR count). The predicted octanol–water partition coefficient (Wildman–Crippen LogP) is 0.942. The molecular weight excluding hydrogens is 302 g/mol. The van der Waals surface area contributed by atoms with Gasteiger partial charge in [-0.25, -0.2) is 8.42 Å². The Morgan fingerprint density at radius 3 is 2.86 bits per heavy atom. The zero-order valence-corrected chi connectivity index (χ0v) is 13.1. The Morgan fingerprint density at radius 1 is 1.36 bits per heavy atom. The number of hydrogen-bond acceptors (Lipinski definition) is 4. The first-order valence-electron chi connectivity index (χ1n) is 7.27. The molecule has 2 aliphatic rings. The maximum Gasteiger partial charge on any atom is 0.243 e. The normalized spacial score (nSPS) is 25.8. The summed E-state index contributed by atoms with van der Waals surface area (Å²) in [5.74, 6) is -0.131. The molecule has 0 aliphatic carbocycles. The van der Waals surface area contributed by atoms with Crippen molar-refractivity contribution in [3.63, 3.8) is 0 Å². The van der Waals surface area contributed by atoms with Crippen LogP contribution in [0.25, 0.3) is 0 Å². The molecule has 1 aromatic rings. The monoisotopic (exact) mass is 319 g/mol. The Labute approximate surface area is 130 Å². The maximum absolute atomic E-state index is 12.8. The minimum absolute atomic E-state index is 0.0300. The second-order valence-corrected chi connectivity index (χ2v) is 7.61. The zero-order valence-electron chi connectivity index (χ0n) is 12.3. The van der Waals surface area contributed by atoms with Gasteiger partial charge in [0.1, 0.15) is 6.04 Å². The Balaban J connectivity index is 1.98. The average Bonchev–Trinajstić information content (AvgIpc) is 2.99. The van der Waals surface area contributed by atoms with Crippen molar-refractivity contribution in [1.82, 2.24) is 9.21 Å². The topological polar surface area (TPSA) is 81.5 Å². The van der Waals surface area contributed by atoms with E-state index in [1.165, 1.54) is 16.4 Å². The smallest absolute Gasteiger partial charge is 0.243 e. The summed E-state index contributed by atoms with van der Waals surface area (Å²) in [5, 5.41) is 8.94. The molecule has 0 unspecified atom stereocenters. The summed E-state index contributed by atoms with van der Waals surface area (Å²) < 4.78 is 27.0. The molecule has 0 spiro atoms. The van der Waals surface area contributed by atoms with Crippen LogP contribution in [0, 0.1) is 11.3 Å². The summed E-state index contributed by atoms with van der Waals surface area (Å²) in [6, 6.07) is 7.13. The van der Waals surface area contributed by atoms with Gasteiger partial charge in [0.25, 0.3) is 0 Å². The molecule has 1 aromatic carbocycles. The fraction of sp³-hybridized carbons (Fsp3) is 0.467. The van der Waals surface area contributed by atoms with Gasteiger partial charge in [-0.3, -0.25) is 4.79 Å². The van der Waals surface area contributed by atoms with Crippen LogP contribution in [0.3, 0.4) is 0 Å². The third-order valence-corrected chi connectivity index (χ3v) is 6.34. The number of nitrogens with zero attached hydrogens (tertiary/aromatic N) is 3. The quantitative estimate of drug-likeness (QED) is 0.812. The number of fused-ring (bicyclic) bond motifs is 1. The lowest BCUT2D eigenvalue weighted by molar-refractivity contribution is -0.139. The van der Waals surface area contributed by atoms with Crippen molar-refractivity contribution in [1.29, 1.82) is 5.26 Å². The van der Waals surface area contributed by atoms with Crippen LogP contribution >= 0.6 is 0 Å². The van der Waals surface area contributed by atoms with Gasteiger partial charge in [0.15, 0.2) is 0 Å². The third kappa shape index (κ3) is 2.28. The van der Waals surface area contributed by atoms with E-state index in [2.05, 4.69) is 0 Å². The SMILES string of the molecule is C[C@H]1C(=O)N2CCC[C@@H]2CN1S(=O)(=O)c1cccc(C#N)c1. The van der Waals surface area contributed by atoms with Crippen LogP contribution in [0.2, 0.25) is 0 Å². The van der Waals surface area contributed by atoms with Gasteiger partial charge in [-0.15, -0.1) is 0 Å². The molecular formula is C15H17N3O3S. The van der Waals surface area contributed by atoms with Crippen molar-refractivity contribution >= 4 is 15.9 Å². The molecule has 0 N–H and O–H groups in total. The number of sulfonamides is 1. The summed E-state index contributed by atoms with van der Waals surface area (Å²) >= 11 is 0. The van der Waals surface area contributed by atoms with Gasteiger partial charge in [0, 0.05) is 19.1 Å². The molecule has 2 fully saturated rings. The third-order valence-electron chi connectivity index (χ3n) is 4.41. The van der Waals surface area contributed by atoms with Gasteiger partial charge in [-0.2, -0.15) is 9.57 Å². The lowest BCUT2D eigenvalue weighted by atomic mass is 10.1. The van der Waals surface area contributed by atoms with E-state index in [0.717, 1.165) is 12.8 Å². The van der Waals surface area contributed by atoms with Crippen molar-refractivity contribution in [3.8, 4) is 6.07 Å². The maximum atomic E-state index is 12.8. The Morgan fingerprint density at radius 2 is 2.14 bits per heavy atom. The molecule has 1 amide bonds. The van der Waals surface area contributed by atoms with Crippen molar-refractivity contribution in [2.45, 2.75) is 36.7 Å². The van der Waals surface area contributed by atoms with Crippen molar-refractivity contribution in [2.24, 2.45) is 0 Å². The number of nitriles is 1. The standard InChI is InChI=1S/C15H17N3O3S/c1-11-15(19)17-7-3-5-13(17)10-18(11)22(20,21)14-6-2-4-12(8-14)9-16/h2,4,6,8,11,13H,3,5,7,10H2,1H3/t11-,13+/m0/s1. The van der Waals surface area contributed by atoms with Crippen molar-refractivity contribution < 1.29 is 13.2 Å². The molecule has 22 heavy (non-hydrogen) atoms. The number of carbonyl (C=O) groups excluding carboxylic acids is 1. The second kappa shape index (κ2) is 5.38. The summed E-state index contributed by atoms with van der Waals surface area (Å²) in [6.45, 7) is 2.67. The van der Waals surface area contributed by atoms with Gasteiger partial charge in [-0.1, -0.05) is 6.07 Å². The van der Waals surface area contributed by atoms with Gasteiger partial charge >= 0.3 is 0 Å². The molecule has 0 aromatic heterocycles. The lowest BCUT2D eigenvalue weighted by Gasteiger charge is -2.40. The molecule has 0 radical (unpaired) electrons. The van der Waals surface area contributed by atoms with E-state index in [-0.39, 0.29) is 16.8 Å². The molecule has 2 atom stereocenters. The van der Waals surface area contributed by atoms with E-state index < -0.39 is 16.1 Å². The first-order valence-corrected chi connectivity index (χ1v) is 8.71. The molecule has 0 saturated carbocycles. The van der Waals surface area contributed by atoms with Gasteiger partial charge in [0.05, 0.1) is 16.5 Å². The Hall–Kier alpha value is -1.91. The first kappa shape index (κ1) is 15.0. The molecule has 0 bridgehead atoms. The van der Waals surface area contributed by atoms with E-state index in [9.17, 15) is 13.2 Å². The highest BCUT2D eigenvalue weighted by atomic mass is 32.2. The van der Waals surface area contributed by atoms with Crippen LogP contribution in [-0.4, -0.2) is 48.7 Å². The highest BCUT2D eigenvalue weighted by molar-refractivity contribution is 7.89. The number of hydrogen-bond donors (Lipinski definition) is 0. The molecule has 2 heterocycles. The van der Waals surface area contributed by atoms with Crippen LogP contribution in [-0.2, 0) is 14.8 Å². The summed E-state index contributed by atoms with van der Waals surface area (Å²) in [4.78, 5) is 14.2. The number of carbonyl (C=O) groups is 1. The van der Waals surface area contributed by atoms with E-state index >= 15 is 0 Å². The predicted molar refractivity (Wildman–Crippen MR) is 79.2 cm³/mol. The highest BCUT2D eigenvalue weighted by Gasteiger charge is 2.45. The van der Waals surface area contributed by atoms with E-state index in [0.29, 0.717) is 18.7 Å². The summed E-state index contributed by atoms with van der Waals surface area (Å²) in [5.41, 5.74) is 0.291.